The first kappa shape index (κ1) is 12.3. The standard InChI is InChI=1S/C15H14O3/c16-14-9-5-4-8-13(14)15(17)18-11-10-12-6-2-1-3-7-12/h1-9,13H,10-11H2. The Kier molecular flexibility index (Phi) is 4.07. The molecule has 92 valence electrons. The molecule has 1 aromatic rings. The first-order valence-electron chi connectivity index (χ1n) is 5.86. The van der Waals surface area contributed by atoms with E-state index in [0.29, 0.717) is 13.0 Å². The third kappa shape index (κ3) is 3.17. The van der Waals surface area contributed by atoms with Crippen LogP contribution in [-0.4, -0.2) is 18.4 Å². The quantitative estimate of drug-likeness (QED) is 0.599. The van der Waals surface area contributed by atoms with Crippen molar-refractivity contribution in [2.75, 3.05) is 6.61 Å². The smallest absolute Gasteiger partial charge is 0.320 e. The highest BCUT2D eigenvalue weighted by Crippen LogP contribution is 2.10. The monoisotopic (exact) mass is 242 g/mol. The maximum atomic E-state index is 11.7. The molecule has 0 N–H and O–H groups in total. The highest BCUT2D eigenvalue weighted by molar-refractivity contribution is 6.07. The van der Waals surface area contributed by atoms with Gasteiger partial charge in [-0.1, -0.05) is 48.6 Å². The molecule has 1 atom stereocenters. The maximum absolute atomic E-state index is 11.7. The zero-order valence-electron chi connectivity index (χ0n) is 9.91. The molecule has 2 rings (SSSR count). The molecule has 0 aliphatic heterocycles. The van der Waals surface area contributed by atoms with Gasteiger partial charge in [0.15, 0.2) is 5.78 Å². The van der Waals surface area contributed by atoms with Crippen LogP contribution in [0.1, 0.15) is 5.56 Å². The Morgan fingerprint density at radius 2 is 1.94 bits per heavy atom. The molecular weight excluding hydrogens is 228 g/mol. The summed E-state index contributed by atoms with van der Waals surface area (Å²) in [6, 6.07) is 9.77. The van der Waals surface area contributed by atoms with Crippen molar-refractivity contribution < 1.29 is 14.3 Å². The minimum Gasteiger partial charge on any atom is -0.465 e. The molecule has 1 aliphatic rings. The molecule has 0 saturated heterocycles. The molecule has 1 unspecified atom stereocenters. The number of carbonyl (C=O) groups is 2. The summed E-state index contributed by atoms with van der Waals surface area (Å²) in [4.78, 5) is 23.1. The van der Waals surface area contributed by atoms with Crippen molar-refractivity contribution in [3.8, 4) is 0 Å². The van der Waals surface area contributed by atoms with Crippen molar-refractivity contribution >= 4 is 11.8 Å². The zero-order chi connectivity index (χ0) is 12.8. The van der Waals surface area contributed by atoms with Crippen LogP contribution in [-0.2, 0) is 20.7 Å². The second-order valence-electron chi connectivity index (χ2n) is 4.03. The SMILES string of the molecule is O=C1C=CC=CC1C(=O)OCCc1ccccc1. The first-order chi connectivity index (χ1) is 8.77. The van der Waals surface area contributed by atoms with Gasteiger partial charge >= 0.3 is 5.97 Å². The van der Waals surface area contributed by atoms with Crippen LogP contribution in [0.2, 0.25) is 0 Å². The Morgan fingerprint density at radius 1 is 1.17 bits per heavy atom. The van der Waals surface area contributed by atoms with Crippen LogP contribution in [0.3, 0.4) is 0 Å². The van der Waals surface area contributed by atoms with E-state index in [1.807, 2.05) is 30.3 Å². The lowest BCUT2D eigenvalue weighted by atomic mass is 10.00. The molecule has 0 radical (unpaired) electrons. The molecule has 0 fully saturated rings. The van der Waals surface area contributed by atoms with Gasteiger partial charge in [-0.25, -0.2) is 0 Å². The Labute approximate surface area is 106 Å². The lowest BCUT2D eigenvalue weighted by molar-refractivity contribution is -0.149. The second-order valence-corrected chi connectivity index (χ2v) is 4.03. The molecule has 1 aromatic carbocycles. The molecule has 0 spiro atoms. The van der Waals surface area contributed by atoms with E-state index in [9.17, 15) is 9.59 Å². The van der Waals surface area contributed by atoms with E-state index >= 15 is 0 Å². The lowest BCUT2D eigenvalue weighted by Crippen LogP contribution is -2.24. The van der Waals surface area contributed by atoms with Crippen LogP contribution in [0, 0.1) is 5.92 Å². The van der Waals surface area contributed by atoms with Crippen molar-refractivity contribution in [3.63, 3.8) is 0 Å². The fraction of sp³-hybridized carbons (Fsp3) is 0.200. The summed E-state index contributed by atoms with van der Waals surface area (Å²) < 4.78 is 5.11. The molecule has 0 heterocycles. The maximum Gasteiger partial charge on any atom is 0.320 e. The van der Waals surface area contributed by atoms with Gasteiger partial charge < -0.3 is 4.74 Å². The Bertz CT molecular complexity index is 486. The van der Waals surface area contributed by atoms with E-state index in [0.717, 1.165) is 5.56 Å². The van der Waals surface area contributed by atoms with Gasteiger partial charge in [0.1, 0.15) is 5.92 Å². The third-order valence-corrected chi connectivity index (χ3v) is 2.71. The summed E-state index contributed by atoms with van der Waals surface area (Å²) in [5.41, 5.74) is 1.11. The van der Waals surface area contributed by atoms with Gasteiger partial charge in [-0.3, -0.25) is 9.59 Å². The highest BCUT2D eigenvalue weighted by atomic mass is 16.5. The lowest BCUT2D eigenvalue weighted by Gasteiger charge is -2.11. The van der Waals surface area contributed by atoms with Crippen molar-refractivity contribution in [1.29, 1.82) is 0 Å². The number of rotatable bonds is 4. The number of benzene rings is 1. The molecule has 0 aromatic heterocycles. The van der Waals surface area contributed by atoms with Gasteiger partial charge in [-0.15, -0.1) is 0 Å². The molecular formula is C15H14O3. The van der Waals surface area contributed by atoms with E-state index in [1.165, 1.54) is 6.08 Å². The number of carbonyl (C=O) groups excluding carboxylic acids is 2. The van der Waals surface area contributed by atoms with Crippen LogP contribution >= 0.6 is 0 Å². The molecule has 0 amide bonds. The Hall–Kier alpha value is -2.16. The van der Waals surface area contributed by atoms with Crippen LogP contribution < -0.4 is 0 Å². The second kappa shape index (κ2) is 5.96. The summed E-state index contributed by atoms with van der Waals surface area (Å²) in [7, 11) is 0. The molecule has 0 bridgehead atoms. The van der Waals surface area contributed by atoms with Crippen molar-refractivity contribution in [2.24, 2.45) is 5.92 Å². The predicted octanol–water partition coefficient (Wildman–Crippen LogP) is 2.08. The third-order valence-electron chi connectivity index (χ3n) is 2.71. The number of hydrogen-bond acceptors (Lipinski definition) is 3. The van der Waals surface area contributed by atoms with E-state index < -0.39 is 11.9 Å². The summed E-state index contributed by atoms with van der Waals surface area (Å²) in [5.74, 6) is -1.47. The predicted molar refractivity (Wildman–Crippen MR) is 67.9 cm³/mol. The Morgan fingerprint density at radius 3 is 2.67 bits per heavy atom. The number of hydrogen-bond donors (Lipinski definition) is 0. The van der Waals surface area contributed by atoms with Crippen molar-refractivity contribution in [3.05, 3.63) is 60.2 Å². The van der Waals surface area contributed by atoms with Gasteiger partial charge in [0.05, 0.1) is 6.61 Å². The molecule has 18 heavy (non-hydrogen) atoms. The number of ether oxygens (including phenoxy) is 1. The normalized spacial score (nSPS) is 17.8. The average Bonchev–Trinajstić information content (AvgIpc) is 2.40. The topological polar surface area (TPSA) is 43.4 Å². The van der Waals surface area contributed by atoms with Crippen LogP contribution in [0.25, 0.3) is 0 Å². The molecule has 0 saturated carbocycles. The number of esters is 1. The molecule has 1 aliphatic carbocycles. The largest absolute Gasteiger partial charge is 0.465 e. The van der Waals surface area contributed by atoms with Crippen molar-refractivity contribution in [1.82, 2.24) is 0 Å². The molecule has 3 heteroatoms. The summed E-state index contributed by atoms with van der Waals surface area (Å²) in [6.45, 7) is 0.296. The highest BCUT2D eigenvalue weighted by Gasteiger charge is 2.24. The van der Waals surface area contributed by atoms with Gasteiger partial charge in [0.2, 0.25) is 0 Å². The summed E-state index contributed by atoms with van der Waals surface area (Å²) in [6.07, 6.45) is 6.92. The van der Waals surface area contributed by atoms with E-state index in [-0.39, 0.29) is 5.78 Å². The van der Waals surface area contributed by atoms with Gasteiger partial charge in [0.25, 0.3) is 0 Å². The summed E-state index contributed by atoms with van der Waals surface area (Å²) in [5, 5.41) is 0. The van der Waals surface area contributed by atoms with E-state index in [1.54, 1.807) is 18.2 Å². The van der Waals surface area contributed by atoms with Crippen molar-refractivity contribution in [2.45, 2.75) is 6.42 Å². The van der Waals surface area contributed by atoms with E-state index in [4.69, 9.17) is 4.74 Å². The summed E-state index contributed by atoms with van der Waals surface area (Å²) >= 11 is 0. The van der Waals surface area contributed by atoms with Crippen LogP contribution in [0.15, 0.2) is 54.6 Å². The van der Waals surface area contributed by atoms with Crippen LogP contribution in [0.5, 0.6) is 0 Å². The van der Waals surface area contributed by atoms with Gasteiger partial charge in [-0.05, 0) is 11.6 Å². The first-order valence-corrected chi connectivity index (χ1v) is 5.86. The fourth-order valence-corrected chi connectivity index (χ4v) is 1.72. The minimum absolute atomic E-state index is 0.220. The minimum atomic E-state index is -0.772. The molecule has 3 nitrogen and oxygen atoms in total. The number of ketones is 1. The zero-order valence-corrected chi connectivity index (χ0v) is 9.91. The average molecular weight is 242 g/mol. The fourth-order valence-electron chi connectivity index (χ4n) is 1.72. The van der Waals surface area contributed by atoms with Gasteiger partial charge in [0, 0.05) is 6.42 Å². The Balaban J connectivity index is 1.80. The number of allylic oxidation sites excluding steroid dienone is 3. The van der Waals surface area contributed by atoms with E-state index in [2.05, 4.69) is 0 Å². The van der Waals surface area contributed by atoms with Crippen LogP contribution in [0.4, 0.5) is 0 Å². The van der Waals surface area contributed by atoms with Gasteiger partial charge in [-0.2, -0.15) is 0 Å².